The molecule has 0 saturated heterocycles. The van der Waals surface area contributed by atoms with E-state index >= 15 is 0 Å². The number of thiol groups is 1. The number of benzene rings is 2. The van der Waals surface area contributed by atoms with E-state index in [1.54, 1.807) is 30.3 Å². The molecule has 16 heavy (non-hydrogen) atoms. The fourth-order valence-corrected chi connectivity index (χ4v) is 1.98. The van der Waals surface area contributed by atoms with Gasteiger partial charge in [-0.15, -0.1) is 12.6 Å². The van der Waals surface area contributed by atoms with Crippen molar-refractivity contribution in [2.24, 2.45) is 0 Å². The van der Waals surface area contributed by atoms with Gasteiger partial charge in [0.05, 0.1) is 5.02 Å². The van der Waals surface area contributed by atoms with Gasteiger partial charge in [-0.1, -0.05) is 41.9 Å². The first-order valence-corrected chi connectivity index (χ1v) is 5.59. The highest BCUT2D eigenvalue weighted by atomic mass is 35.5. The minimum absolute atomic E-state index is 0.0704. The Hall–Kier alpha value is -1.25. The quantitative estimate of drug-likeness (QED) is 0.631. The Morgan fingerprint density at radius 1 is 1.06 bits per heavy atom. The van der Waals surface area contributed by atoms with Crippen molar-refractivity contribution in [3.05, 3.63) is 64.7 Å². The molecule has 0 saturated carbocycles. The molecule has 0 heterocycles. The molecule has 0 atom stereocenters. The van der Waals surface area contributed by atoms with E-state index in [4.69, 9.17) is 11.6 Å². The van der Waals surface area contributed by atoms with E-state index in [0.717, 1.165) is 4.90 Å². The highest BCUT2D eigenvalue weighted by molar-refractivity contribution is 7.80. The summed E-state index contributed by atoms with van der Waals surface area (Å²) < 4.78 is 0. The first-order chi connectivity index (χ1) is 7.68. The molecule has 0 bridgehead atoms. The summed E-state index contributed by atoms with van der Waals surface area (Å²) in [4.78, 5) is 12.8. The van der Waals surface area contributed by atoms with Crippen molar-refractivity contribution in [2.75, 3.05) is 0 Å². The summed E-state index contributed by atoms with van der Waals surface area (Å²) >= 11 is 10.2. The zero-order chi connectivity index (χ0) is 11.5. The smallest absolute Gasteiger partial charge is 0.194 e. The standard InChI is InChI=1S/C13H9ClOS/c14-12-8-10(16)6-7-11(12)13(15)9-4-2-1-3-5-9/h1-8,16H. The molecule has 2 aromatic carbocycles. The summed E-state index contributed by atoms with van der Waals surface area (Å²) in [5.74, 6) is -0.0704. The Labute approximate surface area is 104 Å². The lowest BCUT2D eigenvalue weighted by Gasteiger charge is -2.04. The average molecular weight is 249 g/mol. The van der Waals surface area contributed by atoms with Crippen molar-refractivity contribution >= 4 is 30.0 Å². The summed E-state index contributed by atoms with van der Waals surface area (Å²) in [6.07, 6.45) is 0. The average Bonchev–Trinajstić information content (AvgIpc) is 2.29. The van der Waals surface area contributed by atoms with Gasteiger partial charge in [0.25, 0.3) is 0 Å². The maximum Gasteiger partial charge on any atom is 0.194 e. The van der Waals surface area contributed by atoms with Gasteiger partial charge in [-0.05, 0) is 18.2 Å². The van der Waals surface area contributed by atoms with Crippen LogP contribution >= 0.6 is 24.2 Å². The summed E-state index contributed by atoms with van der Waals surface area (Å²) in [7, 11) is 0. The molecule has 2 rings (SSSR count). The number of hydrogen-bond acceptors (Lipinski definition) is 2. The topological polar surface area (TPSA) is 17.1 Å². The molecular weight excluding hydrogens is 240 g/mol. The van der Waals surface area contributed by atoms with Gasteiger partial charge in [-0.25, -0.2) is 0 Å². The molecule has 0 aliphatic carbocycles. The Morgan fingerprint density at radius 2 is 1.75 bits per heavy atom. The lowest BCUT2D eigenvalue weighted by atomic mass is 10.0. The SMILES string of the molecule is O=C(c1ccccc1)c1ccc(S)cc1Cl. The van der Waals surface area contributed by atoms with Crippen LogP contribution in [0.2, 0.25) is 5.02 Å². The van der Waals surface area contributed by atoms with Crippen LogP contribution in [-0.2, 0) is 0 Å². The zero-order valence-electron chi connectivity index (χ0n) is 8.35. The summed E-state index contributed by atoms with van der Waals surface area (Å²) in [5.41, 5.74) is 1.14. The van der Waals surface area contributed by atoms with Gasteiger partial charge in [0.2, 0.25) is 0 Å². The normalized spacial score (nSPS) is 10.1. The second kappa shape index (κ2) is 4.73. The molecule has 3 heteroatoms. The molecule has 0 N–H and O–H groups in total. The van der Waals surface area contributed by atoms with Crippen molar-refractivity contribution in [3.63, 3.8) is 0 Å². The van der Waals surface area contributed by atoms with Crippen molar-refractivity contribution in [2.45, 2.75) is 4.90 Å². The van der Waals surface area contributed by atoms with Gasteiger partial charge in [0, 0.05) is 16.0 Å². The summed E-state index contributed by atoms with van der Waals surface area (Å²) in [6.45, 7) is 0. The fourth-order valence-electron chi connectivity index (χ4n) is 1.43. The summed E-state index contributed by atoms with van der Waals surface area (Å²) in [6, 6.07) is 14.2. The first-order valence-electron chi connectivity index (χ1n) is 4.77. The van der Waals surface area contributed by atoms with E-state index in [-0.39, 0.29) is 5.78 Å². The van der Waals surface area contributed by atoms with Crippen molar-refractivity contribution < 1.29 is 4.79 Å². The molecule has 0 unspecified atom stereocenters. The molecule has 2 aromatic rings. The van der Waals surface area contributed by atoms with Gasteiger partial charge in [-0.2, -0.15) is 0 Å². The van der Waals surface area contributed by atoms with Crippen LogP contribution in [0.1, 0.15) is 15.9 Å². The van der Waals surface area contributed by atoms with Crippen LogP contribution in [0.3, 0.4) is 0 Å². The van der Waals surface area contributed by atoms with Crippen LogP contribution in [0.4, 0.5) is 0 Å². The van der Waals surface area contributed by atoms with E-state index in [9.17, 15) is 4.79 Å². The summed E-state index contributed by atoms with van der Waals surface area (Å²) in [5, 5.41) is 0.432. The van der Waals surface area contributed by atoms with E-state index in [1.165, 1.54) is 0 Å². The maximum atomic E-state index is 12.1. The second-order valence-corrected chi connectivity index (χ2v) is 4.28. The molecule has 0 aliphatic heterocycles. The third-order valence-corrected chi connectivity index (χ3v) is 2.82. The number of hydrogen-bond donors (Lipinski definition) is 1. The van der Waals surface area contributed by atoms with Gasteiger partial charge in [0.15, 0.2) is 5.78 Å². The molecule has 0 radical (unpaired) electrons. The molecule has 80 valence electrons. The third kappa shape index (κ3) is 2.29. The Kier molecular flexibility index (Phi) is 3.32. The highest BCUT2D eigenvalue weighted by Crippen LogP contribution is 2.22. The molecule has 1 nitrogen and oxygen atoms in total. The zero-order valence-corrected chi connectivity index (χ0v) is 10.0. The van der Waals surface area contributed by atoms with Crippen LogP contribution in [0.5, 0.6) is 0 Å². The molecule has 0 aromatic heterocycles. The minimum Gasteiger partial charge on any atom is -0.289 e. The molecular formula is C13H9ClOS. The molecule has 0 spiro atoms. The van der Waals surface area contributed by atoms with Crippen LogP contribution in [0, 0.1) is 0 Å². The molecule has 0 aliphatic rings. The van der Waals surface area contributed by atoms with Crippen molar-refractivity contribution in [3.8, 4) is 0 Å². The van der Waals surface area contributed by atoms with E-state index in [0.29, 0.717) is 16.1 Å². The van der Waals surface area contributed by atoms with Crippen LogP contribution in [0.15, 0.2) is 53.4 Å². The van der Waals surface area contributed by atoms with E-state index in [1.807, 2.05) is 18.2 Å². The number of carbonyl (C=O) groups is 1. The Bertz CT molecular complexity index is 523. The first kappa shape index (κ1) is 11.2. The lowest BCUT2D eigenvalue weighted by molar-refractivity contribution is 0.103. The molecule has 0 fully saturated rings. The second-order valence-electron chi connectivity index (χ2n) is 3.36. The number of ketones is 1. The Morgan fingerprint density at radius 3 is 2.38 bits per heavy atom. The lowest BCUT2D eigenvalue weighted by Crippen LogP contribution is -2.01. The van der Waals surface area contributed by atoms with Crippen LogP contribution < -0.4 is 0 Å². The number of halogens is 1. The fraction of sp³-hybridized carbons (Fsp3) is 0. The van der Waals surface area contributed by atoms with Crippen LogP contribution in [-0.4, -0.2) is 5.78 Å². The van der Waals surface area contributed by atoms with Gasteiger partial charge < -0.3 is 0 Å². The highest BCUT2D eigenvalue weighted by Gasteiger charge is 2.12. The minimum atomic E-state index is -0.0704. The van der Waals surface area contributed by atoms with Crippen LogP contribution in [0.25, 0.3) is 0 Å². The van der Waals surface area contributed by atoms with Crippen molar-refractivity contribution in [1.82, 2.24) is 0 Å². The number of rotatable bonds is 2. The predicted molar refractivity (Wildman–Crippen MR) is 68.6 cm³/mol. The van der Waals surface area contributed by atoms with Gasteiger partial charge in [-0.3, -0.25) is 4.79 Å². The molecule has 0 amide bonds. The monoisotopic (exact) mass is 248 g/mol. The predicted octanol–water partition coefficient (Wildman–Crippen LogP) is 3.86. The number of carbonyl (C=O) groups excluding carboxylic acids is 1. The largest absolute Gasteiger partial charge is 0.289 e. The van der Waals surface area contributed by atoms with Crippen molar-refractivity contribution in [1.29, 1.82) is 0 Å². The Balaban J connectivity index is 2.42. The van der Waals surface area contributed by atoms with E-state index < -0.39 is 0 Å². The van der Waals surface area contributed by atoms with Gasteiger partial charge in [0.1, 0.15) is 0 Å². The van der Waals surface area contributed by atoms with Gasteiger partial charge >= 0.3 is 0 Å². The maximum absolute atomic E-state index is 12.1. The van der Waals surface area contributed by atoms with E-state index in [2.05, 4.69) is 12.6 Å². The third-order valence-electron chi connectivity index (χ3n) is 2.23.